The lowest BCUT2D eigenvalue weighted by Gasteiger charge is -2.09. The van der Waals surface area contributed by atoms with Crippen LogP contribution in [0.4, 0.5) is 0 Å². The maximum Gasteiger partial charge on any atom is 0.217 e. The van der Waals surface area contributed by atoms with Gasteiger partial charge in [0.15, 0.2) is 0 Å². The summed E-state index contributed by atoms with van der Waals surface area (Å²) in [7, 11) is 0. The van der Waals surface area contributed by atoms with Crippen LogP contribution in [0.15, 0.2) is 42.5 Å². The van der Waals surface area contributed by atoms with Gasteiger partial charge in [-0.05, 0) is 36.4 Å². The van der Waals surface area contributed by atoms with E-state index in [9.17, 15) is 9.59 Å². The molecule has 2 N–H and O–H groups in total. The number of aromatic nitrogens is 2. The van der Waals surface area contributed by atoms with Gasteiger partial charge >= 0.3 is 0 Å². The van der Waals surface area contributed by atoms with Gasteiger partial charge in [0.1, 0.15) is 12.1 Å². The van der Waals surface area contributed by atoms with Crippen molar-refractivity contribution in [3.05, 3.63) is 58.9 Å². The molecule has 0 saturated heterocycles. The summed E-state index contributed by atoms with van der Waals surface area (Å²) < 4.78 is 1.93. The van der Waals surface area contributed by atoms with E-state index in [2.05, 4.69) is 4.98 Å². The molecule has 0 radical (unpaired) electrons. The van der Waals surface area contributed by atoms with Crippen LogP contribution in [0.5, 0.6) is 0 Å². The van der Waals surface area contributed by atoms with Crippen LogP contribution in [0.2, 0.25) is 5.02 Å². The number of nitrogens with two attached hydrogens (primary N) is 1. The molecule has 0 fully saturated rings. The van der Waals surface area contributed by atoms with Gasteiger partial charge in [-0.1, -0.05) is 17.7 Å². The van der Waals surface area contributed by atoms with E-state index < -0.39 is 0 Å². The van der Waals surface area contributed by atoms with Gasteiger partial charge < -0.3 is 5.73 Å². The molecule has 5 nitrogen and oxygen atoms in total. The average Bonchev–Trinajstić information content (AvgIpc) is 2.90. The molecular weight excluding hydrogens is 314 g/mol. The van der Waals surface area contributed by atoms with Crippen molar-refractivity contribution in [2.75, 3.05) is 0 Å². The molecule has 1 amide bonds. The number of aldehydes is 1. The van der Waals surface area contributed by atoms with Gasteiger partial charge in [-0.25, -0.2) is 4.98 Å². The van der Waals surface area contributed by atoms with Crippen molar-refractivity contribution in [3.8, 4) is 5.69 Å². The molecule has 0 bridgehead atoms. The van der Waals surface area contributed by atoms with Crippen molar-refractivity contribution < 1.29 is 9.59 Å². The van der Waals surface area contributed by atoms with Gasteiger partial charge in [-0.2, -0.15) is 0 Å². The summed E-state index contributed by atoms with van der Waals surface area (Å²) in [5, 5.41) is 0.606. The van der Waals surface area contributed by atoms with Gasteiger partial charge in [-0.3, -0.25) is 14.2 Å². The van der Waals surface area contributed by atoms with Gasteiger partial charge in [-0.15, -0.1) is 0 Å². The van der Waals surface area contributed by atoms with Crippen LogP contribution in [0.25, 0.3) is 16.7 Å². The lowest BCUT2D eigenvalue weighted by Crippen LogP contribution is -2.13. The fourth-order valence-corrected chi connectivity index (χ4v) is 2.71. The zero-order valence-electron chi connectivity index (χ0n) is 12.2. The topological polar surface area (TPSA) is 78.0 Å². The number of hydrogen-bond acceptors (Lipinski definition) is 3. The number of amides is 1. The fraction of sp³-hybridized carbons (Fsp3) is 0.118. The molecule has 0 aliphatic heterocycles. The smallest absolute Gasteiger partial charge is 0.217 e. The summed E-state index contributed by atoms with van der Waals surface area (Å²) in [5.74, 6) is 0.312. The molecule has 0 atom stereocenters. The molecule has 3 aromatic rings. The third-order valence-electron chi connectivity index (χ3n) is 3.55. The standard InChI is InChI=1S/C17H14ClN3O2/c18-12-2-1-3-13(9-12)21-15-5-4-11(10-22)8-14(15)20-17(21)7-6-16(19)23/h1-5,8-10H,6-7H2,(H2,19,23). The van der Waals surface area contributed by atoms with E-state index in [0.717, 1.165) is 17.5 Å². The quantitative estimate of drug-likeness (QED) is 0.732. The summed E-state index contributed by atoms with van der Waals surface area (Å²) >= 11 is 6.09. The van der Waals surface area contributed by atoms with E-state index in [1.807, 2.05) is 28.8 Å². The molecule has 0 spiro atoms. The van der Waals surface area contributed by atoms with Gasteiger partial charge in [0.05, 0.1) is 11.0 Å². The first-order chi connectivity index (χ1) is 11.1. The Bertz CT molecular complexity index is 902. The van der Waals surface area contributed by atoms with Crippen molar-refractivity contribution >= 4 is 34.8 Å². The Morgan fingerprint density at radius 2 is 2.09 bits per heavy atom. The number of imidazole rings is 1. The Morgan fingerprint density at radius 1 is 1.26 bits per heavy atom. The summed E-state index contributed by atoms with van der Waals surface area (Å²) in [6.07, 6.45) is 1.39. The fourth-order valence-electron chi connectivity index (χ4n) is 2.53. The molecule has 2 aromatic carbocycles. The Hall–Kier alpha value is -2.66. The molecule has 3 rings (SSSR count). The minimum atomic E-state index is -0.386. The maximum absolute atomic E-state index is 11.1. The summed E-state index contributed by atoms with van der Waals surface area (Å²) in [4.78, 5) is 26.6. The van der Waals surface area contributed by atoms with Crippen LogP contribution in [0.1, 0.15) is 22.6 Å². The highest BCUT2D eigenvalue weighted by molar-refractivity contribution is 6.30. The van der Waals surface area contributed by atoms with Crippen LogP contribution >= 0.6 is 11.6 Å². The van der Waals surface area contributed by atoms with Crippen molar-refractivity contribution in [3.63, 3.8) is 0 Å². The number of rotatable bonds is 5. The van der Waals surface area contributed by atoms with Gasteiger partial charge in [0.2, 0.25) is 5.91 Å². The largest absolute Gasteiger partial charge is 0.370 e. The van der Waals surface area contributed by atoms with E-state index in [1.165, 1.54) is 0 Å². The van der Waals surface area contributed by atoms with Crippen LogP contribution in [-0.2, 0) is 11.2 Å². The highest BCUT2D eigenvalue weighted by atomic mass is 35.5. The highest BCUT2D eigenvalue weighted by Crippen LogP contribution is 2.25. The molecule has 0 saturated carbocycles. The maximum atomic E-state index is 11.1. The lowest BCUT2D eigenvalue weighted by atomic mass is 10.2. The number of primary amides is 1. The predicted octanol–water partition coefficient (Wildman–Crippen LogP) is 2.91. The Morgan fingerprint density at radius 3 is 2.78 bits per heavy atom. The predicted molar refractivity (Wildman–Crippen MR) is 89.0 cm³/mol. The lowest BCUT2D eigenvalue weighted by molar-refractivity contribution is -0.118. The number of fused-ring (bicyclic) bond motifs is 1. The second-order valence-corrected chi connectivity index (χ2v) is 5.61. The third kappa shape index (κ3) is 3.10. The van der Waals surface area contributed by atoms with E-state index in [1.54, 1.807) is 18.2 Å². The van der Waals surface area contributed by atoms with E-state index in [-0.39, 0.29) is 12.3 Å². The Labute approximate surface area is 137 Å². The van der Waals surface area contributed by atoms with E-state index in [4.69, 9.17) is 17.3 Å². The van der Waals surface area contributed by atoms with Gasteiger partial charge in [0, 0.05) is 29.1 Å². The van der Waals surface area contributed by atoms with Crippen molar-refractivity contribution in [1.82, 2.24) is 9.55 Å². The molecule has 1 heterocycles. The number of carbonyl (C=O) groups excluding carboxylic acids is 2. The number of nitrogens with zero attached hydrogens (tertiary/aromatic N) is 2. The third-order valence-corrected chi connectivity index (χ3v) is 3.78. The van der Waals surface area contributed by atoms with E-state index >= 15 is 0 Å². The Kier molecular flexibility index (Phi) is 4.12. The number of benzene rings is 2. The van der Waals surface area contributed by atoms with Gasteiger partial charge in [0.25, 0.3) is 0 Å². The molecule has 23 heavy (non-hydrogen) atoms. The molecule has 0 unspecified atom stereocenters. The molecule has 116 valence electrons. The number of carbonyl (C=O) groups is 2. The normalized spacial score (nSPS) is 10.8. The molecule has 0 aliphatic rings. The van der Waals surface area contributed by atoms with E-state index in [0.29, 0.717) is 28.3 Å². The van der Waals surface area contributed by atoms with Crippen molar-refractivity contribution in [1.29, 1.82) is 0 Å². The van der Waals surface area contributed by atoms with Crippen LogP contribution in [0.3, 0.4) is 0 Å². The molecular formula is C17H14ClN3O2. The zero-order chi connectivity index (χ0) is 16.4. The highest BCUT2D eigenvalue weighted by Gasteiger charge is 2.14. The number of hydrogen-bond donors (Lipinski definition) is 1. The zero-order valence-corrected chi connectivity index (χ0v) is 13.0. The van der Waals surface area contributed by atoms with Crippen LogP contribution < -0.4 is 5.73 Å². The van der Waals surface area contributed by atoms with Crippen LogP contribution in [0, 0.1) is 0 Å². The second kappa shape index (κ2) is 6.22. The first-order valence-corrected chi connectivity index (χ1v) is 7.47. The summed E-state index contributed by atoms with van der Waals surface area (Å²) in [6, 6.07) is 12.7. The molecule has 0 aliphatic carbocycles. The summed E-state index contributed by atoms with van der Waals surface area (Å²) in [5.41, 5.74) is 8.18. The SMILES string of the molecule is NC(=O)CCc1nc2cc(C=O)ccc2n1-c1cccc(Cl)c1. The first kappa shape index (κ1) is 15.2. The van der Waals surface area contributed by atoms with Crippen molar-refractivity contribution in [2.24, 2.45) is 5.73 Å². The Balaban J connectivity index is 2.20. The molecule has 6 heteroatoms. The number of halogens is 1. The minimum Gasteiger partial charge on any atom is -0.370 e. The van der Waals surface area contributed by atoms with Crippen molar-refractivity contribution in [2.45, 2.75) is 12.8 Å². The monoisotopic (exact) mass is 327 g/mol. The number of aryl methyl sites for hydroxylation is 1. The minimum absolute atomic E-state index is 0.199. The first-order valence-electron chi connectivity index (χ1n) is 7.09. The van der Waals surface area contributed by atoms with Crippen LogP contribution in [-0.4, -0.2) is 21.7 Å². The average molecular weight is 328 g/mol. The molecule has 1 aromatic heterocycles. The summed E-state index contributed by atoms with van der Waals surface area (Å²) in [6.45, 7) is 0. The second-order valence-electron chi connectivity index (χ2n) is 5.18.